The lowest BCUT2D eigenvalue weighted by atomic mass is 9.89. The van der Waals surface area contributed by atoms with E-state index in [0.717, 1.165) is 53.3 Å². The Balaban J connectivity index is 1.66. The molecule has 3 N–H and O–H groups in total. The second-order valence-corrected chi connectivity index (χ2v) is 12.7. The Morgan fingerprint density at radius 2 is 1.50 bits per heavy atom. The van der Waals surface area contributed by atoms with Crippen molar-refractivity contribution in [2.45, 2.75) is 72.3 Å². The number of likely N-dealkylation sites (N-methyl/N-ethyl adjacent to an activating group) is 2. The standard InChI is InChI=1S/C39H53FN4/c1-26(2)34-14-13-15-35(27(3)4)39(34)43-36-16-11-12-17-37(36)44(10)25-30(7)38(41-9)29(6)19-18-28(5)24-31(8)42-33-22-20-32(40)21-23-33/h11-17,20-24,26-27,29,38,41-43H,5,7,18-19,25H2,1-4,6,8-10H3/b31-24+. The fourth-order valence-corrected chi connectivity index (χ4v) is 5.88. The zero-order chi connectivity index (χ0) is 32.4. The Morgan fingerprint density at radius 1 is 0.886 bits per heavy atom. The summed E-state index contributed by atoms with van der Waals surface area (Å²) in [6.45, 7) is 22.8. The quantitative estimate of drug-likeness (QED) is 0.114. The molecule has 236 valence electrons. The molecule has 0 bridgehead atoms. The minimum absolute atomic E-state index is 0.169. The zero-order valence-corrected chi connectivity index (χ0v) is 28.1. The maximum absolute atomic E-state index is 13.2. The highest BCUT2D eigenvalue weighted by Crippen LogP contribution is 2.37. The summed E-state index contributed by atoms with van der Waals surface area (Å²) in [6, 6.07) is 21.7. The number of rotatable bonds is 16. The van der Waals surface area contributed by atoms with Gasteiger partial charge in [0.15, 0.2) is 0 Å². The monoisotopic (exact) mass is 596 g/mol. The van der Waals surface area contributed by atoms with Gasteiger partial charge >= 0.3 is 0 Å². The van der Waals surface area contributed by atoms with Crippen LogP contribution in [0, 0.1) is 11.7 Å². The number of anilines is 4. The number of hydrogen-bond acceptors (Lipinski definition) is 4. The van der Waals surface area contributed by atoms with E-state index in [0.29, 0.717) is 17.8 Å². The fraction of sp³-hybridized carbons (Fsp3) is 0.385. The van der Waals surface area contributed by atoms with Crippen LogP contribution in [0.2, 0.25) is 0 Å². The molecule has 2 atom stereocenters. The summed E-state index contributed by atoms with van der Waals surface area (Å²) in [5.74, 6) is 0.966. The Hall–Kier alpha value is -3.83. The Morgan fingerprint density at radius 3 is 2.09 bits per heavy atom. The molecule has 0 saturated heterocycles. The predicted molar refractivity (Wildman–Crippen MR) is 191 cm³/mol. The molecule has 0 amide bonds. The van der Waals surface area contributed by atoms with E-state index in [4.69, 9.17) is 0 Å². The van der Waals surface area contributed by atoms with Crippen LogP contribution < -0.4 is 20.9 Å². The van der Waals surface area contributed by atoms with Gasteiger partial charge in [-0.05, 0) is 104 Å². The minimum Gasteiger partial charge on any atom is -0.369 e. The van der Waals surface area contributed by atoms with Gasteiger partial charge in [-0.3, -0.25) is 0 Å². The van der Waals surface area contributed by atoms with Gasteiger partial charge in [-0.2, -0.15) is 0 Å². The first-order chi connectivity index (χ1) is 20.9. The number of benzene rings is 3. The van der Waals surface area contributed by atoms with Crippen LogP contribution in [0.5, 0.6) is 0 Å². The zero-order valence-electron chi connectivity index (χ0n) is 28.1. The van der Waals surface area contributed by atoms with E-state index < -0.39 is 0 Å². The number of para-hydroxylation sites is 3. The molecule has 0 radical (unpaired) electrons. The largest absolute Gasteiger partial charge is 0.369 e. The third kappa shape index (κ3) is 9.59. The molecule has 0 aromatic heterocycles. The molecule has 3 aromatic carbocycles. The molecule has 0 spiro atoms. The molecule has 5 heteroatoms. The van der Waals surface area contributed by atoms with E-state index in [9.17, 15) is 4.39 Å². The van der Waals surface area contributed by atoms with Crippen molar-refractivity contribution in [1.82, 2.24) is 5.32 Å². The normalized spacial score (nSPS) is 13.1. The topological polar surface area (TPSA) is 39.3 Å². The second-order valence-electron chi connectivity index (χ2n) is 12.7. The molecule has 0 heterocycles. The van der Waals surface area contributed by atoms with Crippen molar-refractivity contribution in [2.24, 2.45) is 5.92 Å². The van der Waals surface area contributed by atoms with E-state index in [2.05, 4.69) is 124 Å². The molecule has 3 aromatic rings. The molecule has 0 fully saturated rings. The maximum Gasteiger partial charge on any atom is 0.123 e. The average Bonchev–Trinajstić information content (AvgIpc) is 2.97. The van der Waals surface area contributed by atoms with Crippen molar-refractivity contribution >= 4 is 22.7 Å². The van der Waals surface area contributed by atoms with Gasteiger partial charge in [0, 0.05) is 36.7 Å². The molecule has 0 aliphatic carbocycles. The summed E-state index contributed by atoms with van der Waals surface area (Å²) in [7, 11) is 4.16. The van der Waals surface area contributed by atoms with Crippen molar-refractivity contribution in [3.63, 3.8) is 0 Å². The van der Waals surface area contributed by atoms with Crippen LogP contribution in [0.15, 0.2) is 103 Å². The van der Waals surface area contributed by atoms with Gasteiger partial charge in [0.25, 0.3) is 0 Å². The molecule has 0 aliphatic rings. The molecule has 3 rings (SSSR count). The van der Waals surface area contributed by atoms with Gasteiger partial charge in [-0.15, -0.1) is 0 Å². The molecule has 0 saturated carbocycles. The van der Waals surface area contributed by atoms with Crippen molar-refractivity contribution in [3.05, 3.63) is 120 Å². The van der Waals surface area contributed by atoms with Gasteiger partial charge in [0.05, 0.1) is 11.4 Å². The predicted octanol–water partition coefficient (Wildman–Crippen LogP) is 10.4. The highest BCUT2D eigenvalue weighted by Gasteiger charge is 2.21. The summed E-state index contributed by atoms with van der Waals surface area (Å²) in [5.41, 5.74) is 10.2. The number of hydrogen-bond donors (Lipinski definition) is 3. The van der Waals surface area contributed by atoms with E-state index >= 15 is 0 Å². The van der Waals surface area contributed by atoms with Crippen molar-refractivity contribution in [3.8, 4) is 0 Å². The smallest absolute Gasteiger partial charge is 0.123 e. The average molecular weight is 597 g/mol. The lowest BCUT2D eigenvalue weighted by molar-refractivity contribution is 0.415. The lowest BCUT2D eigenvalue weighted by Gasteiger charge is -2.31. The number of halogens is 1. The lowest BCUT2D eigenvalue weighted by Crippen LogP contribution is -2.38. The summed E-state index contributed by atoms with van der Waals surface area (Å²) >= 11 is 0. The fourth-order valence-electron chi connectivity index (χ4n) is 5.88. The Labute approximate surface area is 266 Å². The molecule has 44 heavy (non-hydrogen) atoms. The van der Waals surface area contributed by atoms with Crippen LogP contribution in [0.4, 0.5) is 27.1 Å². The third-order valence-electron chi connectivity index (χ3n) is 8.24. The van der Waals surface area contributed by atoms with E-state index in [1.807, 2.05) is 14.0 Å². The van der Waals surface area contributed by atoms with Crippen molar-refractivity contribution in [1.29, 1.82) is 0 Å². The van der Waals surface area contributed by atoms with Crippen LogP contribution in [0.1, 0.15) is 77.3 Å². The van der Waals surface area contributed by atoms with Crippen LogP contribution in [0.25, 0.3) is 0 Å². The summed E-state index contributed by atoms with van der Waals surface area (Å²) in [4.78, 5) is 2.29. The SMILES string of the molecule is C=C(/C=C(\C)Nc1ccc(F)cc1)CCC(C)C(NC)C(=C)CN(C)c1ccccc1Nc1c(C(C)C)cccc1C(C)C. The van der Waals surface area contributed by atoms with E-state index in [1.165, 1.54) is 28.9 Å². The number of nitrogens with one attached hydrogen (secondary N) is 3. The van der Waals surface area contributed by atoms with Crippen LogP contribution in [-0.4, -0.2) is 26.7 Å². The highest BCUT2D eigenvalue weighted by atomic mass is 19.1. The molecule has 4 nitrogen and oxygen atoms in total. The highest BCUT2D eigenvalue weighted by molar-refractivity contribution is 5.78. The summed E-state index contributed by atoms with van der Waals surface area (Å²) in [5, 5.41) is 10.7. The Kier molecular flexibility index (Phi) is 12.8. The van der Waals surface area contributed by atoms with Crippen LogP contribution in [0.3, 0.4) is 0 Å². The molecular weight excluding hydrogens is 543 g/mol. The maximum atomic E-state index is 13.2. The Bertz CT molecular complexity index is 1390. The van der Waals surface area contributed by atoms with Crippen molar-refractivity contribution in [2.75, 3.05) is 36.2 Å². The first-order valence-electron chi connectivity index (χ1n) is 15.8. The van der Waals surface area contributed by atoms with Gasteiger partial charge < -0.3 is 20.9 Å². The molecule has 0 aliphatic heterocycles. The first-order valence-corrected chi connectivity index (χ1v) is 15.8. The van der Waals surface area contributed by atoms with Crippen LogP contribution >= 0.6 is 0 Å². The number of allylic oxidation sites excluding steroid dienone is 3. The minimum atomic E-state index is -0.240. The summed E-state index contributed by atoms with van der Waals surface area (Å²) in [6.07, 6.45) is 3.93. The van der Waals surface area contributed by atoms with Gasteiger partial charge in [-0.25, -0.2) is 4.39 Å². The van der Waals surface area contributed by atoms with Crippen molar-refractivity contribution < 1.29 is 4.39 Å². The third-order valence-corrected chi connectivity index (χ3v) is 8.24. The molecular formula is C39H53FN4. The van der Waals surface area contributed by atoms with Gasteiger partial charge in [0.2, 0.25) is 0 Å². The van der Waals surface area contributed by atoms with E-state index in [-0.39, 0.29) is 11.9 Å². The van der Waals surface area contributed by atoms with Gasteiger partial charge in [0.1, 0.15) is 5.82 Å². The van der Waals surface area contributed by atoms with Crippen LogP contribution in [-0.2, 0) is 0 Å². The number of nitrogens with zero attached hydrogens (tertiary/aromatic N) is 1. The second kappa shape index (κ2) is 16.3. The summed E-state index contributed by atoms with van der Waals surface area (Å²) < 4.78 is 13.2. The van der Waals surface area contributed by atoms with E-state index in [1.54, 1.807) is 12.1 Å². The van der Waals surface area contributed by atoms with Gasteiger partial charge in [-0.1, -0.05) is 83.7 Å². The first kappa shape index (κ1) is 34.7. The molecule has 2 unspecified atom stereocenters.